The van der Waals surface area contributed by atoms with Crippen molar-refractivity contribution in [2.45, 2.75) is 31.4 Å². The molecule has 1 aliphatic heterocycles. The van der Waals surface area contributed by atoms with Gasteiger partial charge in [0, 0.05) is 19.0 Å². The van der Waals surface area contributed by atoms with Crippen molar-refractivity contribution in [3.63, 3.8) is 0 Å². The third kappa shape index (κ3) is 4.21. The SMILES string of the molecule is COc1cccc(C(O)CNC(=O)CC2CCCN2)c1. The third-order valence-corrected chi connectivity index (χ3v) is 3.57. The standard InChI is InChI=1S/C15H22N2O3/c1-20-13-6-2-4-11(8-13)14(18)10-17-15(19)9-12-5-3-7-16-12/h2,4,6,8,12,14,16,18H,3,5,7,9-10H2,1H3,(H,17,19). The summed E-state index contributed by atoms with van der Waals surface area (Å²) in [6.07, 6.45) is 1.94. The lowest BCUT2D eigenvalue weighted by molar-refractivity contribution is -0.122. The second-order valence-electron chi connectivity index (χ2n) is 5.09. The van der Waals surface area contributed by atoms with Gasteiger partial charge in [0.1, 0.15) is 5.75 Å². The minimum Gasteiger partial charge on any atom is -0.497 e. The molecule has 1 heterocycles. The van der Waals surface area contributed by atoms with Gasteiger partial charge in [-0.15, -0.1) is 0 Å². The van der Waals surface area contributed by atoms with Crippen LogP contribution in [0.5, 0.6) is 5.75 Å². The minimum absolute atomic E-state index is 0.0219. The second kappa shape index (κ2) is 7.26. The molecule has 110 valence electrons. The van der Waals surface area contributed by atoms with Crippen LogP contribution in [-0.2, 0) is 4.79 Å². The van der Waals surface area contributed by atoms with E-state index in [0.717, 1.165) is 24.9 Å². The van der Waals surface area contributed by atoms with Gasteiger partial charge in [-0.2, -0.15) is 0 Å². The van der Waals surface area contributed by atoms with E-state index in [9.17, 15) is 9.90 Å². The number of ether oxygens (including phenoxy) is 1. The molecule has 0 aliphatic carbocycles. The number of amides is 1. The predicted molar refractivity (Wildman–Crippen MR) is 76.6 cm³/mol. The smallest absolute Gasteiger partial charge is 0.221 e. The summed E-state index contributed by atoms with van der Waals surface area (Å²) in [7, 11) is 1.59. The molecule has 5 heteroatoms. The van der Waals surface area contributed by atoms with Crippen LogP contribution in [-0.4, -0.2) is 37.3 Å². The van der Waals surface area contributed by atoms with Crippen LogP contribution in [0.4, 0.5) is 0 Å². The first-order chi connectivity index (χ1) is 9.69. The molecule has 0 bridgehead atoms. The minimum atomic E-state index is -0.717. The summed E-state index contributed by atoms with van der Waals surface area (Å²) in [4.78, 5) is 11.8. The summed E-state index contributed by atoms with van der Waals surface area (Å²) in [6.45, 7) is 1.21. The van der Waals surface area contributed by atoms with Crippen molar-refractivity contribution in [3.8, 4) is 5.75 Å². The lowest BCUT2D eigenvalue weighted by Crippen LogP contribution is -2.34. The van der Waals surface area contributed by atoms with Crippen molar-refractivity contribution in [1.82, 2.24) is 10.6 Å². The summed E-state index contributed by atoms with van der Waals surface area (Å²) >= 11 is 0. The fourth-order valence-corrected chi connectivity index (χ4v) is 2.40. The molecule has 3 N–H and O–H groups in total. The van der Waals surface area contributed by atoms with Crippen LogP contribution in [0.1, 0.15) is 30.9 Å². The van der Waals surface area contributed by atoms with E-state index in [1.807, 2.05) is 18.2 Å². The number of carbonyl (C=O) groups excluding carboxylic acids is 1. The van der Waals surface area contributed by atoms with Gasteiger partial charge in [-0.05, 0) is 37.1 Å². The maximum Gasteiger partial charge on any atom is 0.221 e. The van der Waals surface area contributed by atoms with Gasteiger partial charge in [0.25, 0.3) is 0 Å². The second-order valence-corrected chi connectivity index (χ2v) is 5.09. The highest BCUT2D eigenvalue weighted by molar-refractivity contribution is 5.76. The van der Waals surface area contributed by atoms with Crippen molar-refractivity contribution < 1.29 is 14.6 Å². The molecule has 5 nitrogen and oxygen atoms in total. The van der Waals surface area contributed by atoms with Gasteiger partial charge in [-0.25, -0.2) is 0 Å². The van der Waals surface area contributed by atoms with Crippen LogP contribution in [0.2, 0.25) is 0 Å². The molecule has 1 fully saturated rings. The van der Waals surface area contributed by atoms with E-state index in [1.165, 1.54) is 0 Å². The Kier molecular flexibility index (Phi) is 5.38. The Labute approximate surface area is 119 Å². The lowest BCUT2D eigenvalue weighted by Gasteiger charge is -2.14. The summed E-state index contributed by atoms with van der Waals surface area (Å²) in [6, 6.07) is 7.51. The molecule has 2 rings (SSSR count). The fraction of sp³-hybridized carbons (Fsp3) is 0.533. The van der Waals surface area contributed by atoms with Crippen molar-refractivity contribution in [3.05, 3.63) is 29.8 Å². The van der Waals surface area contributed by atoms with Crippen LogP contribution in [0.3, 0.4) is 0 Å². The molecular formula is C15H22N2O3. The fourth-order valence-electron chi connectivity index (χ4n) is 2.40. The number of hydrogen-bond acceptors (Lipinski definition) is 4. The van der Waals surface area contributed by atoms with Crippen LogP contribution in [0.15, 0.2) is 24.3 Å². The van der Waals surface area contributed by atoms with E-state index < -0.39 is 6.10 Å². The number of aliphatic hydroxyl groups excluding tert-OH is 1. The highest BCUT2D eigenvalue weighted by Crippen LogP contribution is 2.18. The molecule has 1 aromatic rings. The van der Waals surface area contributed by atoms with Crippen molar-refractivity contribution in [2.75, 3.05) is 20.2 Å². The van der Waals surface area contributed by atoms with E-state index in [2.05, 4.69) is 10.6 Å². The zero-order chi connectivity index (χ0) is 14.4. The van der Waals surface area contributed by atoms with Gasteiger partial charge in [0.2, 0.25) is 5.91 Å². The molecule has 0 radical (unpaired) electrons. The van der Waals surface area contributed by atoms with Crippen molar-refractivity contribution >= 4 is 5.91 Å². The lowest BCUT2D eigenvalue weighted by atomic mass is 10.1. The van der Waals surface area contributed by atoms with Gasteiger partial charge >= 0.3 is 0 Å². The molecule has 1 amide bonds. The Bertz CT molecular complexity index is 444. The first kappa shape index (κ1) is 14.8. The molecule has 0 aromatic heterocycles. The molecule has 0 saturated carbocycles. The Morgan fingerprint density at radius 2 is 2.45 bits per heavy atom. The third-order valence-electron chi connectivity index (χ3n) is 3.57. The Hall–Kier alpha value is -1.59. The Balaban J connectivity index is 1.78. The van der Waals surface area contributed by atoms with Gasteiger partial charge < -0.3 is 20.5 Å². The topological polar surface area (TPSA) is 70.6 Å². The maximum absolute atomic E-state index is 11.8. The monoisotopic (exact) mass is 278 g/mol. The molecule has 1 aromatic carbocycles. The van der Waals surface area contributed by atoms with Crippen LogP contribution in [0, 0.1) is 0 Å². The molecule has 2 atom stereocenters. The van der Waals surface area contributed by atoms with Crippen LogP contribution in [0.25, 0.3) is 0 Å². The number of hydrogen-bond donors (Lipinski definition) is 3. The Morgan fingerprint density at radius 1 is 1.60 bits per heavy atom. The molecule has 1 saturated heterocycles. The number of methoxy groups -OCH3 is 1. The van der Waals surface area contributed by atoms with Gasteiger partial charge in [0.05, 0.1) is 13.2 Å². The zero-order valence-electron chi connectivity index (χ0n) is 11.8. The highest BCUT2D eigenvalue weighted by atomic mass is 16.5. The largest absolute Gasteiger partial charge is 0.497 e. The number of carbonyl (C=O) groups is 1. The first-order valence-corrected chi connectivity index (χ1v) is 7.01. The number of aliphatic hydroxyl groups is 1. The average molecular weight is 278 g/mol. The van der Waals surface area contributed by atoms with E-state index in [1.54, 1.807) is 13.2 Å². The maximum atomic E-state index is 11.8. The summed E-state index contributed by atoms with van der Waals surface area (Å²) in [5.41, 5.74) is 0.739. The zero-order valence-corrected chi connectivity index (χ0v) is 11.8. The molecular weight excluding hydrogens is 256 g/mol. The van der Waals surface area contributed by atoms with Crippen molar-refractivity contribution in [1.29, 1.82) is 0 Å². The normalized spacial score (nSPS) is 19.6. The van der Waals surface area contributed by atoms with Gasteiger partial charge in [-0.3, -0.25) is 4.79 Å². The molecule has 2 unspecified atom stereocenters. The number of benzene rings is 1. The quantitative estimate of drug-likeness (QED) is 0.725. The van der Waals surface area contributed by atoms with Crippen LogP contribution >= 0.6 is 0 Å². The summed E-state index contributed by atoms with van der Waals surface area (Å²) in [5, 5.41) is 16.1. The number of rotatable bonds is 6. The highest BCUT2D eigenvalue weighted by Gasteiger charge is 2.18. The summed E-state index contributed by atoms with van der Waals surface area (Å²) in [5.74, 6) is 0.675. The van der Waals surface area contributed by atoms with E-state index in [0.29, 0.717) is 12.2 Å². The van der Waals surface area contributed by atoms with E-state index >= 15 is 0 Å². The first-order valence-electron chi connectivity index (χ1n) is 7.01. The number of nitrogens with one attached hydrogen (secondary N) is 2. The molecule has 1 aliphatic rings. The van der Waals surface area contributed by atoms with Gasteiger partial charge in [-0.1, -0.05) is 12.1 Å². The average Bonchev–Trinajstić information content (AvgIpc) is 2.97. The van der Waals surface area contributed by atoms with Crippen LogP contribution < -0.4 is 15.4 Å². The summed E-state index contributed by atoms with van der Waals surface area (Å²) < 4.78 is 5.11. The predicted octanol–water partition coefficient (Wildman–Crippen LogP) is 0.987. The van der Waals surface area contributed by atoms with Gasteiger partial charge in [0.15, 0.2) is 0 Å². The van der Waals surface area contributed by atoms with Crippen molar-refractivity contribution in [2.24, 2.45) is 0 Å². The van der Waals surface area contributed by atoms with E-state index in [4.69, 9.17) is 4.74 Å². The Morgan fingerprint density at radius 3 is 3.15 bits per heavy atom. The molecule has 20 heavy (non-hydrogen) atoms. The molecule has 0 spiro atoms. The van der Waals surface area contributed by atoms with E-state index in [-0.39, 0.29) is 18.5 Å².